The Bertz CT molecular complexity index is 748. The van der Waals surface area contributed by atoms with Crippen LogP contribution in [0.2, 0.25) is 0 Å². The van der Waals surface area contributed by atoms with Crippen molar-refractivity contribution in [2.45, 2.75) is 31.7 Å². The Morgan fingerprint density at radius 2 is 2.18 bits per heavy atom. The number of amides is 2. The van der Waals surface area contributed by atoms with Crippen LogP contribution in [0.4, 0.5) is 5.69 Å². The van der Waals surface area contributed by atoms with Crippen LogP contribution in [0.3, 0.4) is 0 Å². The second kappa shape index (κ2) is 9.01. The fourth-order valence-corrected chi connectivity index (χ4v) is 3.84. The number of rotatable bonds is 6. The average Bonchev–Trinajstić information content (AvgIpc) is 3.26. The fraction of sp³-hybridized carbons (Fsp3) is 0.579. The van der Waals surface area contributed by atoms with E-state index in [9.17, 15) is 19.7 Å². The molecular weight excluding hydrogens is 364 g/mol. The van der Waals surface area contributed by atoms with E-state index < -0.39 is 4.92 Å². The summed E-state index contributed by atoms with van der Waals surface area (Å²) in [5, 5.41) is 17.5. The number of ether oxygens (including phenoxy) is 1. The Kier molecular flexibility index (Phi) is 6.45. The third kappa shape index (κ3) is 4.59. The normalized spacial score (nSPS) is 22.0. The van der Waals surface area contributed by atoms with Gasteiger partial charge in [-0.05, 0) is 50.3 Å². The van der Waals surface area contributed by atoms with Gasteiger partial charge in [-0.1, -0.05) is 0 Å². The van der Waals surface area contributed by atoms with Gasteiger partial charge in [-0.15, -0.1) is 0 Å². The largest absolute Gasteiger partial charge is 0.497 e. The van der Waals surface area contributed by atoms with Crippen LogP contribution in [0.25, 0.3) is 0 Å². The molecule has 9 heteroatoms. The van der Waals surface area contributed by atoms with E-state index in [1.54, 1.807) is 4.90 Å². The maximum Gasteiger partial charge on any atom is 0.282 e. The van der Waals surface area contributed by atoms with Gasteiger partial charge in [-0.25, -0.2) is 0 Å². The van der Waals surface area contributed by atoms with E-state index >= 15 is 0 Å². The van der Waals surface area contributed by atoms with Crippen LogP contribution in [-0.4, -0.2) is 61.0 Å². The van der Waals surface area contributed by atoms with Crippen molar-refractivity contribution >= 4 is 17.5 Å². The first kappa shape index (κ1) is 20.1. The highest BCUT2D eigenvalue weighted by molar-refractivity contribution is 5.98. The molecule has 28 heavy (non-hydrogen) atoms. The van der Waals surface area contributed by atoms with Gasteiger partial charge in [0, 0.05) is 25.7 Å². The maximum atomic E-state index is 13.0. The van der Waals surface area contributed by atoms with Crippen molar-refractivity contribution in [2.24, 2.45) is 5.92 Å². The van der Waals surface area contributed by atoms with E-state index in [2.05, 4.69) is 10.6 Å². The second-order valence-corrected chi connectivity index (χ2v) is 7.29. The molecule has 2 aliphatic heterocycles. The molecule has 152 valence electrons. The first-order valence-corrected chi connectivity index (χ1v) is 9.62. The molecule has 2 atom stereocenters. The summed E-state index contributed by atoms with van der Waals surface area (Å²) in [6.45, 7) is 2.37. The van der Waals surface area contributed by atoms with Crippen molar-refractivity contribution in [2.75, 3.05) is 33.3 Å². The molecule has 2 fully saturated rings. The molecule has 0 bridgehead atoms. The molecule has 0 saturated carbocycles. The molecule has 2 aliphatic rings. The number of methoxy groups -OCH3 is 1. The number of nitro groups is 1. The van der Waals surface area contributed by atoms with Gasteiger partial charge >= 0.3 is 0 Å². The van der Waals surface area contributed by atoms with Crippen molar-refractivity contribution < 1.29 is 19.2 Å². The summed E-state index contributed by atoms with van der Waals surface area (Å²) in [6.07, 6.45) is 3.55. The monoisotopic (exact) mass is 390 g/mol. The van der Waals surface area contributed by atoms with Gasteiger partial charge in [0.1, 0.15) is 11.3 Å². The summed E-state index contributed by atoms with van der Waals surface area (Å²) in [6, 6.07) is 4.06. The molecule has 2 heterocycles. The molecule has 0 aromatic heterocycles. The van der Waals surface area contributed by atoms with Crippen molar-refractivity contribution in [3.8, 4) is 5.75 Å². The molecule has 2 N–H and O–H groups in total. The lowest BCUT2D eigenvalue weighted by atomic mass is 9.97. The maximum absolute atomic E-state index is 13.0. The topological polar surface area (TPSA) is 114 Å². The Labute approximate surface area is 163 Å². The lowest BCUT2D eigenvalue weighted by Gasteiger charge is -2.33. The van der Waals surface area contributed by atoms with Gasteiger partial charge in [-0.3, -0.25) is 19.7 Å². The predicted octanol–water partition coefficient (Wildman–Crippen LogP) is 1.32. The number of hydrogen-bond acceptors (Lipinski definition) is 6. The number of benzene rings is 1. The number of piperidine rings is 1. The minimum Gasteiger partial charge on any atom is -0.497 e. The molecule has 2 amide bonds. The van der Waals surface area contributed by atoms with Gasteiger partial charge in [-0.2, -0.15) is 0 Å². The third-order valence-electron chi connectivity index (χ3n) is 5.38. The molecule has 2 saturated heterocycles. The van der Waals surface area contributed by atoms with E-state index in [1.165, 1.54) is 25.3 Å². The Morgan fingerprint density at radius 1 is 1.36 bits per heavy atom. The Hall–Kier alpha value is -2.68. The van der Waals surface area contributed by atoms with Gasteiger partial charge in [0.25, 0.3) is 11.6 Å². The second-order valence-electron chi connectivity index (χ2n) is 7.29. The zero-order valence-corrected chi connectivity index (χ0v) is 16.0. The number of nitrogens with one attached hydrogen (secondary N) is 2. The predicted molar refractivity (Wildman–Crippen MR) is 102 cm³/mol. The third-order valence-corrected chi connectivity index (χ3v) is 5.38. The molecule has 2 unspecified atom stereocenters. The molecule has 1 aromatic rings. The summed E-state index contributed by atoms with van der Waals surface area (Å²) in [4.78, 5) is 37.5. The number of carbonyl (C=O) groups excluding carboxylic acids is 2. The van der Waals surface area contributed by atoms with Crippen molar-refractivity contribution in [1.29, 1.82) is 0 Å². The first-order valence-electron chi connectivity index (χ1n) is 9.62. The van der Waals surface area contributed by atoms with Crippen molar-refractivity contribution in [3.05, 3.63) is 33.9 Å². The van der Waals surface area contributed by atoms with Gasteiger partial charge < -0.3 is 20.3 Å². The van der Waals surface area contributed by atoms with Crippen LogP contribution in [0.1, 0.15) is 36.0 Å². The summed E-state index contributed by atoms with van der Waals surface area (Å²) in [7, 11) is 1.45. The Balaban J connectivity index is 1.64. The summed E-state index contributed by atoms with van der Waals surface area (Å²) >= 11 is 0. The zero-order valence-electron chi connectivity index (χ0n) is 16.0. The van der Waals surface area contributed by atoms with Crippen LogP contribution in [-0.2, 0) is 4.79 Å². The van der Waals surface area contributed by atoms with E-state index in [-0.39, 0.29) is 35.0 Å². The molecule has 0 radical (unpaired) electrons. The summed E-state index contributed by atoms with van der Waals surface area (Å²) in [5.41, 5.74) is -0.197. The molecule has 0 spiro atoms. The average molecular weight is 390 g/mol. The quantitative estimate of drug-likeness (QED) is 0.559. The lowest BCUT2D eigenvalue weighted by Crippen LogP contribution is -2.46. The highest BCUT2D eigenvalue weighted by atomic mass is 16.6. The zero-order chi connectivity index (χ0) is 20.1. The standard InChI is InChI=1S/C19H26N4O5/c1-28-14-6-7-17(23(26)27)15(10-14)19(25)22-9-3-4-13(12-22)11-21-18(24)16-5-2-8-20-16/h6-7,10,13,16,20H,2-5,8-9,11-12H2,1H3,(H,21,24). The first-order chi connectivity index (χ1) is 13.5. The minimum absolute atomic E-state index is 0.00406. The number of carbonyl (C=O) groups is 2. The molecule has 0 aliphatic carbocycles. The summed E-state index contributed by atoms with van der Waals surface area (Å²) < 4.78 is 5.12. The molecule has 1 aromatic carbocycles. The Morgan fingerprint density at radius 3 is 2.86 bits per heavy atom. The minimum atomic E-state index is -0.553. The SMILES string of the molecule is COc1ccc([N+](=O)[O-])c(C(=O)N2CCCC(CNC(=O)C3CCCN3)C2)c1. The molecule has 3 rings (SSSR count). The number of hydrogen-bond donors (Lipinski definition) is 2. The smallest absolute Gasteiger partial charge is 0.282 e. The molecule has 9 nitrogen and oxygen atoms in total. The van der Waals surface area contributed by atoms with E-state index in [4.69, 9.17) is 4.74 Å². The van der Waals surface area contributed by atoms with E-state index in [0.29, 0.717) is 25.4 Å². The number of nitrogens with zero attached hydrogens (tertiary/aromatic N) is 2. The van der Waals surface area contributed by atoms with Crippen molar-refractivity contribution in [1.82, 2.24) is 15.5 Å². The van der Waals surface area contributed by atoms with E-state index in [1.807, 2.05) is 0 Å². The number of likely N-dealkylation sites (tertiary alicyclic amines) is 1. The van der Waals surface area contributed by atoms with Crippen LogP contribution < -0.4 is 15.4 Å². The summed E-state index contributed by atoms with van der Waals surface area (Å²) in [5.74, 6) is 0.162. The van der Waals surface area contributed by atoms with Gasteiger partial charge in [0.15, 0.2) is 0 Å². The number of nitro benzene ring substituents is 1. The van der Waals surface area contributed by atoms with Crippen LogP contribution in [0.15, 0.2) is 18.2 Å². The fourth-order valence-electron chi connectivity index (χ4n) is 3.84. The van der Waals surface area contributed by atoms with E-state index in [0.717, 1.165) is 32.2 Å². The van der Waals surface area contributed by atoms with Crippen molar-refractivity contribution in [3.63, 3.8) is 0 Å². The lowest BCUT2D eigenvalue weighted by molar-refractivity contribution is -0.385. The molecular formula is C19H26N4O5. The van der Waals surface area contributed by atoms with Gasteiger partial charge in [0.05, 0.1) is 18.1 Å². The van der Waals surface area contributed by atoms with Gasteiger partial charge in [0.2, 0.25) is 5.91 Å². The van der Waals surface area contributed by atoms with Crippen LogP contribution >= 0.6 is 0 Å². The highest BCUT2D eigenvalue weighted by Gasteiger charge is 2.30. The van der Waals surface area contributed by atoms with Crippen LogP contribution in [0, 0.1) is 16.0 Å². The highest BCUT2D eigenvalue weighted by Crippen LogP contribution is 2.27. The van der Waals surface area contributed by atoms with Crippen LogP contribution in [0.5, 0.6) is 5.75 Å².